The number of amides is 1. The normalized spacial score (nSPS) is 21.7. The summed E-state index contributed by atoms with van der Waals surface area (Å²) >= 11 is 0. The fraction of sp³-hybridized carbons (Fsp3) is 0.500. The van der Waals surface area contributed by atoms with Crippen molar-refractivity contribution < 1.29 is 32.2 Å². The number of aliphatic hydroxyl groups excluding tert-OH is 1. The smallest absolute Gasteiger partial charge is 0.387 e. The minimum absolute atomic E-state index is 0.285. The zero-order valence-electron chi connectivity index (χ0n) is 11.5. The van der Waals surface area contributed by atoms with Crippen molar-refractivity contribution in [2.24, 2.45) is 0 Å². The van der Waals surface area contributed by atoms with Crippen molar-refractivity contribution in [2.75, 3.05) is 0 Å². The first-order valence-corrected chi connectivity index (χ1v) is 6.79. The van der Waals surface area contributed by atoms with E-state index in [1.165, 1.54) is 0 Å². The van der Waals surface area contributed by atoms with Gasteiger partial charge in [0.05, 0.1) is 6.10 Å². The van der Waals surface area contributed by atoms with Crippen LogP contribution in [0.25, 0.3) is 0 Å². The van der Waals surface area contributed by atoms with Gasteiger partial charge in [-0.15, -0.1) is 0 Å². The van der Waals surface area contributed by atoms with E-state index in [2.05, 4.69) is 10.1 Å². The molecule has 1 fully saturated rings. The van der Waals surface area contributed by atoms with Crippen molar-refractivity contribution >= 4 is 5.91 Å². The molecule has 0 radical (unpaired) electrons. The van der Waals surface area contributed by atoms with Gasteiger partial charge in [0, 0.05) is 18.2 Å². The highest BCUT2D eigenvalue weighted by Gasteiger charge is 2.25. The maximum Gasteiger partial charge on any atom is 0.387 e. The third-order valence-electron chi connectivity index (χ3n) is 3.50. The number of aliphatic hydroxyl groups is 1. The van der Waals surface area contributed by atoms with Gasteiger partial charge in [0.25, 0.3) is 5.91 Å². The van der Waals surface area contributed by atoms with Crippen LogP contribution < -0.4 is 10.1 Å². The van der Waals surface area contributed by atoms with Gasteiger partial charge in [0.1, 0.15) is 22.9 Å². The number of ether oxygens (including phenoxy) is 1. The van der Waals surface area contributed by atoms with E-state index < -0.39 is 41.6 Å². The lowest BCUT2D eigenvalue weighted by Crippen LogP contribution is -2.39. The van der Waals surface area contributed by atoms with Crippen LogP contribution in [0.3, 0.4) is 0 Å². The number of hydrogen-bond acceptors (Lipinski definition) is 3. The number of alkyl halides is 2. The second-order valence-corrected chi connectivity index (χ2v) is 5.12. The quantitative estimate of drug-likeness (QED) is 0.838. The Bertz CT molecular complexity index is 522. The number of carbonyl (C=O) groups excluding carboxylic acids is 1. The van der Waals surface area contributed by atoms with Crippen molar-refractivity contribution in [1.82, 2.24) is 5.32 Å². The molecule has 8 heteroatoms. The molecule has 0 heterocycles. The molecule has 0 spiro atoms. The first kappa shape index (κ1) is 16.5. The van der Waals surface area contributed by atoms with Crippen LogP contribution in [-0.2, 0) is 0 Å². The van der Waals surface area contributed by atoms with Crippen LogP contribution in [0.4, 0.5) is 17.6 Å². The minimum atomic E-state index is -3.22. The van der Waals surface area contributed by atoms with Crippen molar-refractivity contribution in [3.8, 4) is 5.75 Å². The average molecular weight is 321 g/mol. The highest BCUT2D eigenvalue weighted by molar-refractivity contribution is 5.95. The fourth-order valence-electron chi connectivity index (χ4n) is 2.42. The molecule has 22 heavy (non-hydrogen) atoms. The van der Waals surface area contributed by atoms with Gasteiger partial charge < -0.3 is 15.2 Å². The highest BCUT2D eigenvalue weighted by atomic mass is 19.3. The van der Waals surface area contributed by atoms with Crippen molar-refractivity contribution in [1.29, 1.82) is 0 Å². The first-order valence-electron chi connectivity index (χ1n) is 6.79. The molecule has 0 atom stereocenters. The average Bonchev–Trinajstić information content (AvgIpc) is 2.39. The molecule has 0 aromatic heterocycles. The van der Waals surface area contributed by atoms with Gasteiger partial charge in [-0.1, -0.05) is 0 Å². The Balaban J connectivity index is 2.09. The number of nitrogens with one attached hydrogen (secondary N) is 1. The van der Waals surface area contributed by atoms with Crippen LogP contribution in [0, 0.1) is 11.6 Å². The SMILES string of the molecule is O=C(NC1CCC(O)CC1)c1c(F)cc(OC(F)F)cc1F. The molecule has 0 bridgehead atoms. The molecule has 1 aliphatic carbocycles. The number of halogens is 4. The molecule has 1 aliphatic rings. The zero-order valence-corrected chi connectivity index (χ0v) is 11.5. The Kier molecular flexibility index (Phi) is 5.23. The van der Waals surface area contributed by atoms with Crippen LogP contribution in [-0.4, -0.2) is 29.8 Å². The van der Waals surface area contributed by atoms with Gasteiger partial charge in [-0.3, -0.25) is 4.79 Å². The first-order chi connectivity index (χ1) is 10.4. The van der Waals surface area contributed by atoms with E-state index >= 15 is 0 Å². The van der Waals surface area contributed by atoms with Gasteiger partial charge in [-0.25, -0.2) is 8.78 Å². The molecule has 1 aromatic carbocycles. The maximum atomic E-state index is 13.8. The molecule has 2 N–H and O–H groups in total. The van der Waals surface area contributed by atoms with Crippen LogP contribution >= 0.6 is 0 Å². The Labute approximate surface area is 124 Å². The maximum absolute atomic E-state index is 13.8. The largest absolute Gasteiger partial charge is 0.435 e. The van der Waals surface area contributed by atoms with E-state index in [1.54, 1.807) is 0 Å². The van der Waals surface area contributed by atoms with Gasteiger partial charge in [-0.2, -0.15) is 8.78 Å². The Morgan fingerprint density at radius 1 is 1.18 bits per heavy atom. The molecule has 1 saturated carbocycles. The van der Waals surface area contributed by atoms with E-state index in [-0.39, 0.29) is 6.04 Å². The predicted octanol–water partition coefficient (Wildman–Crippen LogP) is 2.60. The van der Waals surface area contributed by atoms with Crippen LogP contribution in [0.15, 0.2) is 12.1 Å². The van der Waals surface area contributed by atoms with Crippen molar-refractivity contribution in [2.45, 2.75) is 44.4 Å². The standard InChI is InChI=1S/C14H15F4NO3/c15-10-5-9(22-14(17)18)6-11(16)12(10)13(21)19-7-1-3-8(20)4-2-7/h5-8,14,20H,1-4H2,(H,19,21). The van der Waals surface area contributed by atoms with Crippen LogP contribution in [0.2, 0.25) is 0 Å². The lowest BCUT2D eigenvalue weighted by atomic mass is 9.93. The molecule has 0 unspecified atom stereocenters. The summed E-state index contributed by atoms with van der Waals surface area (Å²) in [6.45, 7) is -3.22. The minimum Gasteiger partial charge on any atom is -0.435 e. The number of benzene rings is 1. The number of rotatable bonds is 4. The lowest BCUT2D eigenvalue weighted by Gasteiger charge is -2.26. The van der Waals surface area contributed by atoms with E-state index in [4.69, 9.17) is 0 Å². The Hall–Kier alpha value is -1.83. The molecule has 4 nitrogen and oxygen atoms in total. The van der Waals surface area contributed by atoms with Crippen LogP contribution in [0.5, 0.6) is 5.75 Å². The molecule has 1 aromatic rings. The molecule has 1 amide bonds. The summed E-state index contributed by atoms with van der Waals surface area (Å²) in [4.78, 5) is 11.9. The predicted molar refractivity (Wildman–Crippen MR) is 68.7 cm³/mol. The molecular formula is C14H15F4NO3. The summed E-state index contributed by atoms with van der Waals surface area (Å²) < 4.78 is 55.5. The lowest BCUT2D eigenvalue weighted by molar-refractivity contribution is -0.0501. The zero-order chi connectivity index (χ0) is 16.3. The summed E-state index contributed by atoms with van der Waals surface area (Å²) in [5.74, 6) is -4.20. The van der Waals surface area contributed by atoms with Gasteiger partial charge in [0.15, 0.2) is 0 Å². The number of carbonyl (C=O) groups is 1. The fourth-order valence-corrected chi connectivity index (χ4v) is 2.42. The summed E-state index contributed by atoms with van der Waals surface area (Å²) in [5.41, 5.74) is -0.840. The van der Waals surface area contributed by atoms with Crippen molar-refractivity contribution in [3.05, 3.63) is 29.3 Å². The summed E-state index contributed by atoms with van der Waals surface area (Å²) in [7, 11) is 0. The van der Waals surface area contributed by atoms with E-state index in [1.807, 2.05) is 0 Å². The second-order valence-electron chi connectivity index (χ2n) is 5.12. The molecule has 0 saturated heterocycles. The molecule has 2 rings (SSSR count). The Morgan fingerprint density at radius 3 is 2.23 bits per heavy atom. The monoisotopic (exact) mass is 321 g/mol. The van der Waals surface area contributed by atoms with E-state index in [0.29, 0.717) is 37.8 Å². The van der Waals surface area contributed by atoms with Crippen LogP contribution in [0.1, 0.15) is 36.0 Å². The van der Waals surface area contributed by atoms with Crippen molar-refractivity contribution in [3.63, 3.8) is 0 Å². The Morgan fingerprint density at radius 2 is 1.73 bits per heavy atom. The topological polar surface area (TPSA) is 58.6 Å². The summed E-state index contributed by atoms with van der Waals surface area (Å²) in [6, 6.07) is 0.787. The third kappa shape index (κ3) is 4.09. The summed E-state index contributed by atoms with van der Waals surface area (Å²) in [5, 5.41) is 11.8. The molecule has 0 aliphatic heterocycles. The molecule has 122 valence electrons. The number of hydrogen-bond donors (Lipinski definition) is 2. The second kappa shape index (κ2) is 6.95. The van der Waals surface area contributed by atoms with E-state index in [0.717, 1.165) is 0 Å². The van der Waals surface area contributed by atoms with Gasteiger partial charge in [0.2, 0.25) is 0 Å². The summed E-state index contributed by atoms with van der Waals surface area (Å²) in [6.07, 6.45) is 1.58. The third-order valence-corrected chi connectivity index (χ3v) is 3.50. The molecular weight excluding hydrogens is 306 g/mol. The van der Waals surface area contributed by atoms with Gasteiger partial charge in [-0.05, 0) is 25.7 Å². The van der Waals surface area contributed by atoms with Gasteiger partial charge >= 0.3 is 6.61 Å². The highest BCUT2D eigenvalue weighted by Crippen LogP contribution is 2.23. The van der Waals surface area contributed by atoms with E-state index in [9.17, 15) is 27.5 Å².